The van der Waals surface area contributed by atoms with Crippen LogP contribution in [0.15, 0.2) is 12.5 Å². The van der Waals surface area contributed by atoms with Gasteiger partial charge in [-0.05, 0) is 12.8 Å². The van der Waals surface area contributed by atoms with E-state index in [0.29, 0.717) is 4.90 Å². The molecule has 1 aromatic heterocycles. The molecule has 0 unspecified atom stereocenters. The molecule has 6 nitrogen and oxygen atoms in total. The molecule has 10 heteroatoms. The zero-order chi connectivity index (χ0) is 17.2. The summed E-state index contributed by atoms with van der Waals surface area (Å²) >= 11 is 5.80. The number of nitrogens with zero attached hydrogens (tertiary/aromatic N) is 3. The van der Waals surface area contributed by atoms with Gasteiger partial charge in [0.2, 0.25) is 5.91 Å². The van der Waals surface area contributed by atoms with E-state index in [9.17, 15) is 22.8 Å². The molecule has 2 rings (SSSR count). The van der Waals surface area contributed by atoms with E-state index in [1.54, 1.807) is 0 Å². The fourth-order valence-corrected chi connectivity index (χ4v) is 2.73. The van der Waals surface area contributed by atoms with Gasteiger partial charge in [-0.2, -0.15) is 13.2 Å². The molecule has 1 N–H and O–H groups in total. The van der Waals surface area contributed by atoms with Crippen LogP contribution < -0.4 is 5.32 Å². The lowest BCUT2D eigenvalue weighted by Crippen LogP contribution is -2.58. The summed E-state index contributed by atoms with van der Waals surface area (Å²) in [4.78, 5) is 31.5. The van der Waals surface area contributed by atoms with Crippen LogP contribution in [0.1, 0.15) is 30.3 Å². The molecule has 2 atom stereocenters. The van der Waals surface area contributed by atoms with Gasteiger partial charge in [0.15, 0.2) is 0 Å². The molecule has 126 valence electrons. The molecule has 2 amide bonds. The minimum atomic E-state index is -4.57. The average Bonchev–Trinajstić information content (AvgIpc) is 2.45. The Morgan fingerprint density at radius 2 is 2.09 bits per heavy atom. The van der Waals surface area contributed by atoms with Gasteiger partial charge < -0.3 is 10.2 Å². The second kappa shape index (κ2) is 6.69. The number of nitrogens with one attached hydrogen (secondary N) is 1. The van der Waals surface area contributed by atoms with E-state index in [1.807, 2.05) is 0 Å². The molecule has 0 saturated carbocycles. The first-order valence-electron chi connectivity index (χ1n) is 6.80. The first-order valence-corrected chi connectivity index (χ1v) is 7.18. The van der Waals surface area contributed by atoms with Crippen LogP contribution in [0.3, 0.4) is 0 Å². The molecule has 0 radical (unpaired) electrons. The van der Waals surface area contributed by atoms with Crippen molar-refractivity contribution in [2.45, 2.75) is 38.0 Å². The fraction of sp³-hybridized carbons (Fsp3) is 0.538. The van der Waals surface area contributed by atoms with Crippen LogP contribution in [0.25, 0.3) is 0 Å². The van der Waals surface area contributed by atoms with Crippen molar-refractivity contribution in [2.24, 2.45) is 0 Å². The largest absolute Gasteiger partial charge is 0.408 e. The highest BCUT2D eigenvalue weighted by Crippen LogP contribution is 2.33. The molecule has 0 aliphatic carbocycles. The Balaban J connectivity index is 2.29. The molecule has 0 aromatic carbocycles. The lowest BCUT2D eigenvalue weighted by atomic mass is 9.97. The number of piperidine rings is 1. The first kappa shape index (κ1) is 17.5. The smallest absolute Gasteiger partial charge is 0.352 e. The van der Waals surface area contributed by atoms with E-state index < -0.39 is 24.2 Å². The van der Waals surface area contributed by atoms with Gasteiger partial charge in [-0.25, -0.2) is 9.97 Å². The van der Waals surface area contributed by atoms with E-state index in [2.05, 4.69) is 15.3 Å². The number of carbonyl (C=O) groups excluding carboxylic acids is 2. The Bertz CT molecular complexity index is 611. The quantitative estimate of drug-likeness (QED) is 0.882. The lowest BCUT2D eigenvalue weighted by Gasteiger charge is -2.40. The van der Waals surface area contributed by atoms with E-state index in [1.165, 1.54) is 6.92 Å². The third kappa shape index (κ3) is 4.10. The third-order valence-corrected chi connectivity index (χ3v) is 3.77. The third-order valence-electron chi connectivity index (χ3n) is 3.50. The molecule has 0 bridgehead atoms. The number of amides is 2. The number of rotatable bonds is 2. The van der Waals surface area contributed by atoms with Gasteiger partial charge in [-0.1, -0.05) is 11.6 Å². The molecule has 1 saturated heterocycles. The summed E-state index contributed by atoms with van der Waals surface area (Å²) in [6.07, 6.45) is -2.57. The summed E-state index contributed by atoms with van der Waals surface area (Å²) in [7, 11) is 0. The lowest BCUT2D eigenvalue weighted by molar-refractivity contribution is -0.184. The maximum Gasteiger partial charge on any atom is 0.408 e. The van der Waals surface area contributed by atoms with Crippen LogP contribution >= 0.6 is 11.6 Å². The van der Waals surface area contributed by atoms with Crippen LogP contribution in [0.5, 0.6) is 0 Å². The highest BCUT2D eigenvalue weighted by Gasteiger charge is 2.48. The molecule has 1 aromatic rings. The Hall–Kier alpha value is -1.90. The van der Waals surface area contributed by atoms with Crippen LogP contribution in [-0.4, -0.2) is 51.5 Å². The number of hydrogen-bond acceptors (Lipinski definition) is 4. The predicted molar refractivity (Wildman–Crippen MR) is 74.8 cm³/mol. The number of aromatic nitrogens is 2. The van der Waals surface area contributed by atoms with Crippen LogP contribution in [-0.2, 0) is 4.79 Å². The van der Waals surface area contributed by atoms with Crippen molar-refractivity contribution in [3.8, 4) is 0 Å². The summed E-state index contributed by atoms with van der Waals surface area (Å²) in [5.41, 5.74) is -0.292. The van der Waals surface area contributed by atoms with E-state index in [0.717, 1.165) is 12.5 Å². The second-order valence-corrected chi connectivity index (χ2v) is 5.62. The number of carbonyl (C=O) groups is 2. The monoisotopic (exact) mass is 350 g/mol. The van der Waals surface area contributed by atoms with Gasteiger partial charge >= 0.3 is 6.18 Å². The van der Waals surface area contributed by atoms with Crippen molar-refractivity contribution >= 4 is 23.4 Å². The van der Waals surface area contributed by atoms with Gasteiger partial charge in [0.1, 0.15) is 18.1 Å². The summed E-state index contributed by atoms with van der Waals surface area (Å²) in [5, 5.41) is 2.41. The van der Waals surface area contributed by atoms with Gasteiger partial charge in [-0.3, -0.25) is 9.59 Å². The zero-order valence-electron chi connectivity index (χ0n) is 12.1. The Morgan fingerprint density at radius 3 is 2.65 bits per heavy atom. The van der Waals surface area contributed by atoms with E-state index in [4.69, 9.17) is 11.6 Å². The van der Waals surface area contributed by atoms with Crippen molar-refractivity contribution in [1.82, 2.24) is 20.2 Å². The van der Waals surface area contributed by atoms with Crippen LogP contribution in [0.4, 0.5) is 13.2 Å². The first-order chi connectivity index (χ1) is 10.7. The van der Waals surface area contributed by atoms with E-state index >= 15 is 0 Å². The van der Waals surface area contributed by atoms with Gasteiger partial charge in [-0.15, -0.1) is 0 Å². The van der Waals surface area contributed by atoms with Crippen molar-refractivity contribution in [1.29, 1.82) is 0 Å². The molecule has 2 heterocycles. The van der Waals surface area contributed by atoms with Crippen molar-refractivity contribution in [3.05, 3.63) is 23.2 Å². The number of hydrogen-bond donors (Lipinski definition) is 1. The number of alkyl halides is 3. The Labute approximate surface area is 135 Å². The van der Waals surface area contributed by atoms with E-state index in [-0.39, 0.29) is 36.0 Å². The number of halogens is 4. The molecule has 1 aliphatic rings. The Kier molecular flexibility index (Phi) is 5.08. The van der Waals surface area contributed by atoms with Crippen molar-refractivity contribution < 1.29 is 22.8 Å². The van der Waals surface area contributed by atoms with Crippen LogP contribution in [0.2, 0.25) is 5.02 Å². The average molecular weight is 351 g/mol. The summed E-state index contributed by atoms with van der Waals surface area (Å²) in [6.45, 7) is 1.01. The topological polar surface area (TPSA) is 75.2 Å². The highest BCUT2D eigenvalue weighted by atomic mass is 35.5. The second-order valence-electron chi connectivity index (χ2n) is 5.21. The summed E-state index contributed by atoms with van der Waals surface area (Å²) in [6, 6.07) is -2.48. The predicted octanol–water partition coefficient (Wildman–Crippen LogP) is 1.80. The molecule has 0 spiro atoms. The zero-order valence-corrected chi connectivity index (χ0v) is 12.9. The SMILES string of the molecule is CC(=O)N[C@@H]1CC[C@@H](C(F)(F)F)N(C(=O)c2ncncc2Cl)C1. The van der Waals surface area contributed by atoms with Gasteiger partial charge in [0.25, 0.3) is 5.91 Å². The van der Waals surface area contributed by atoms with Crippen molar-refractivity contribution in [3.63, 3.8) is 0 Å². The summed E-state index contributed by atoms with van der Waals surface area (Å²) < 4.78 is 39.6. The maximum absolute atomic E-state index is 13.2. The Morgan fingerprint density at radius 1 is 1.39 bits per heavy atom. The molecular weight excluding hydrogens is 337 g/mol. The molecular formula is C13H14ClF3N4O2. The standard InChI is InChI=1S/C13H14ClF3N4O2/c1-7(22)20-8-2-3-10(13(15,16)17)21(5-8)12(23)11-9(14)4-18-6-19-11/h4,6,8,10H,2-3,5H2,1H3,(H,20,22)/t8-,10+/m1/s1. The van der Waals surface area contributed by atoms with Crippen LogP contribution in [0, 0.1) is 0 Å². The highest BCUT2D eigenvalue weighted by molar-refractivity contribution is 6.33. The minimum Gasteiger partial charge on any atom is -0.352 e. The summed E-state index contributed by atoms with van der Waals surface area (Å²) in [5.74, 6) is -1.30. The maximum atomic E-state index is 13.2. The molecule has 1 aliphatic heterocycles. The normalized spacial score (nSPS) is 21.9. The fourth-order valence-electron chi connectivity index (χ4n) is 2.55. The molecule has 1 fully saturated rings. The molecule has 23 heavy (non-hydrogen) atoms. The minimum absolute atomic E-state index is 0.125. The van der Waals surface area contributed by atoms with Gasteiger partial charge in [0.05, 0.1) is 5.02 Å². The van der Waals surface area contributed by atoms with Crippen molar-refractivity contribution in [2.75, 3.05) is 6.54 Å². The van der Waals surface area contributed by atoms with Gasteiger partial charge in [0, 0.05) is 25.7 Å². The number of likely N-dealkylation sites (tertiary alicyclic amines) is 1.